The maximum absolute atomic E-state index is 5.19. The van der Waals surface area contributed by atoms with E-state index in [2.05, 4.69) is 109 Å². The van der Waals surface area contributed by atoms with Crippen LogP contribution in [0.1, 0.15) is 105 Å². The number of hydrogen-bond acceptors (Lipinski definition) is 2. The van der Waals surface area contributed by atoms with Crippen LogP contribution in [0.2, 0.25) is 0 Å². The highest BCUT2D eigenvalue weighted by atomic mass is 15.0. The van der Waals surface area contributed by atoms with Crippen LogP contribution >= 0.6 is 0 Å². The molecule has 3 nitrogen and oxygen atoms in total. The predicted molar refractivity (Wildman–Crippen MR) is 151 cm³/mol. The summed E-state index contributed by atoms with van der Waals surface area (Å²) in [4.78, 5) is 10.3. The second-order valence-electron chi connectivity index (χ2n) is 10.8. The standard InChI is InChI=1S/C27H35N3.C2H6.C2H4/c1-9-12-17(2)18-15-22(26(3,4)5)28-20-16-23(27(6,7)8)30-21-14-11-10-13-19(21)29-25(30)24(18)20;2*1-2/h10-11,13-17H,9,12H2,1-8H3;1-2H3;1-2H2. The molecule has 0 aliphatic carbocycles. The first kappa shape index (κ1) is 27.6. The molecular formula is C31H45N3. The largest absolute Gasteiger partial charge is 0.295 e. The normalized spacial score (nSPS) is 12.8. The number of imidazole rings is 1. The molecule has 1 aromatic carbocycles. The molecule has 0 amide bonds. The quantitative estimate of drug-likeness (QED) is 0.286. The van der Waals surface area contributed by atoms with Crippen molar-refractivity contribution >= 4 is 27.6 Å². The zero-order valence-corrected chi connectivity index (χ0v) is 23.2. The van der Waals surface area contributed by atoms with E-state index in [-0.39, 0.29) is 10.8 Å². The topological polar surface area (TPSA) is 30.2 Å². The number of benzene rings is 1. The van der Waals surface area contributed by atoms with Gasteiger partial charge in [-0.1, -0.05) is 87.8 Å². The van der Waals surface area contributed by atoms with E-state index >= 15 is 0 Å². The Bertz CT molecular complexity index is 1250. The van der Waals surface area contributed by atoms with Crippen LogP contribution < -0.4 is 0 Å². The second-order valence-corrected chi connectivity index (χ2v) is 10.8. The van der Waals surface area contributed by atoms with E-state index in [1.165, 1.54) is 28.6 Å². The van der Waals surface area contributed by atoms with Crippen molar-refractivity contribution < 1.29 is 0 Å². The maximum Gasteiger partial charge on any atom is 0.147 e. The molecule has 3 heterocycles. The highest BCUT2D eigenvalue weighted by molar-refractivity contribution is 5.99. The van der Waals surface area contributed by atoms with Crippen LogP contribution in [-0.4, -0.2) is 14.4 Å². The molecule has 0 spiro atoms. The zero-order valence-electron chi connectivity index (χ0n) is 23.2. The van der Waals surface area contributed by atoms with Gasteiger partial charge in [-0.15, -0.1) is 13.2 Å². The molecule has 1 atom stereocenters. The number of pyridine rings is 2. The summed E-state index contributed by atoms with van der Waals surface area (Å²) in [5.41, 5.74) is 8.12. The third-order valence-electron chi connectivity index (χ3n) is 6.17. The number of nitrogens with zero attached hydrogens (tertiary/aromatic N) is 3. The van der Waals surface area contributed by atoms with E-state index in [9.17, 15) is 0 Å². The lowest BCUT2D eigenvalue weighted by Gasteiger charge is -2.26. The third-order valence-corrected chi connectivity index (χ3v) is 6.17. The first-order valence-corrected chi connectivity index (χ1v) is 12.8. The van der Waals surface area contributed by atoms with Crippen molar-refractivity contribution in [2.75, 3.05) is 0 Å². The van der Waals surface area contributed by atoms with Crippen LogP contribution in [0.5, 0.6) is 0 Å². The number of aromatic nitrogens is 3. The second kappa shape index (κ2) is 10.7. The van der Waals surface area contributed by atoms with Crippen molar-refractivity contribution in [3.63, 3.8) is 0 Å². The van der Waals surface area contributed by atoms with E-state index in [0.717, 1.165) is 28.8 Å². The molecular weight excluding hydrogens is 414 g/mol. The Morgan fingerprint density at radius 1 is 0.882 bits per heavy atom. The van der Waals surface area contributed by atoms with Crippen molar-refractivity contribution in [1.82, 2.24) is 14.4 Å². The average Bonchev–Trinajstić information content (AvgIpc) is 3.19. The van der Waals surface area contributed by atoms with Gasteiger partial charge in [-0.25, -0.2) is 4.98 Å². The van der Waals surface area contributed by atoms with Crippen LogP contribution in [0.25, 0.3) is 27.6 Å². The van der Waals surface area contributed by atoms with Gasteiger partial charge < -0.3 is 0 Å². The maximum atomic E-state index is 5.19. The third kappa shape index (κ3) is 5.19. The number of fused-ring (bicyclic) bond motifs is 5. The predicted octanol–water partition coefficient (Wildman–Crippen LogP) is 9.36. The average molecular weight is 460 g/mol. The molecule has 3 aromatic heterocycles. The van der Waals surface area contributed by atoms with Crippen LogP contribution in [0, 0.1) is 0 Å². The van der Waals surface area contributed by atoms with Crippen molar-refractivity contribution in [3.05, 3.63) is 66.5 Å². The van der Waals surface area contributed by atoms with Crippen LogP contribution in [0.15, 0.2) is 49.6 Å². The van der Waals surface area contributed by atoms with E-state index in [0.29, 0.717) is 5.92 Å². The van der Waals surface area contributed by atoms with Crippen molar-refractivity contribution in [1.29, 1.82) is 0 Å². The molecule has 4 aromatic rings. The molecule has 1 unspecified atom stereocenters. The van der Waals surface area contributed by atoms with E-state index in [1.54, 1.807) is 0 Å². The smallest absolute Gasteiger partial charge is 0.147 e. The van der Waals surface area contributed by atoms with E-state index in [1.807, 2.05) is 13.8 Å². The van der Waals surface area contributed by atoms with Gasteiger partial charge >= 0.3 is 0 Å². The molecule has 4 rings (SSSR count). The molecule has 0 radical (unpaired) electrons. The van der Waals surface area contributed by atoms with Gasteiger partial charge in [0.25, 0.3) is 0 Å². The zero-order chi connectivity index (χ0) is 25.8. The highest BCUT2D eigenvalue weighted by Gasteiger charge is 2.26. The monoisotopic (exact) mass is 459 g/mol. The summed E-state index contributed by atoms with van der Waals surface area (Å²) in [7, 11) is 0. The lowest BCUT2D eigenvalue weighted by Crippen LogP contribution is -2.18. The number of rotatable bonds is 3. The van der Waals surface area contributed by atoms with Crippen molar-refractivity contribution in [2.45, 2.75) is 98.8 Å². The van der Waals surface area contributed by atoms with E-state index in [4.69, 9.17) is 9.97 Å². The summed E-state index contributed by atoms with van der Waals surface area (Å²) in [6.07, 6.45) is 2.33. The van der Waals surface area contributed by atoms with Crippen LogP contribution in [0.4, 0.5) is 0 Å². The van der Waals surface area contributed by atoms with Crippen LogP contribution in [-0.2, 0) is 10.8 Å². The fourth-order valence-electron chi connectivity index (χ4n) is 4.48. The minimum absolute atomic E-state index is 0.00301. The van der Waals surface area contributed by atoms with Gasteiger partial charge in [0.15, 0.2) is 0 Å². The fraction of sp³-hybridized carbons (Fsp3) is 0.484. The van der Waals surface area contributed by atoms with Gasteiger partial charge in [0.2, 0.25) is 0 Å². The lowest BCUT2D eigenvalue weighted by molar-refractivity contribution is 0.561. The van der Waals surface area contributed by atoms with E-state index < -0.39 is 0 Å². The Labute approximate surface area is 207 Å². The summed E-state index contributed by atoms with van der Waals surface area (Å²) in [5, 5.41) is 1.22. The van der Waals surface area contributed by atoms with Gasteiger partial charge in [-0.2, -0.15) is 0 Å². The Kier molecular flexibility index (Phi) is 8.69. The molecule has 0 aliphatic heterocycles. The summed E-state index contributed by atoms with van der Waals surface area (Å²) in [6.45, 7) is 28.2. The molecule has 0 fully saturated rings. The summed E-state index contributed by atoms with van der Waals surface area (Å²) < 4.78 is 2.37. The molecule has 0 N–H and O–H groups in total. The number of hydrogen-bond donors (Lipinski definition) is 0. The Hall–Kier alpha value is -2.68. The molecule has 0 aliphatic rings. The van der Waals surface area contributed by atoms with Gasteiger partial charge in [-0.05, 0) is 42.2 Å². The van der Waals surface area contributed by atoms with Gasteiger partial charge in [0, 0.05) is 27.6 Å². The van der Waals surface area contributed by atoms with Crippen LogP contribution in [0.3, 0.4) is 0 Å². The molecule has 0 saturated carbocycles. The SMILES string of the molecule is C=C.CC.CCCC(C)c1cc(C(C)(C)C)nc2cc(C(C)(C)C)n3c4ccccc4nc3c12. The first-order valence-electron chi connectivity index (χ1n) is 12.8. The Morgan fingerprint density at radius 3 is 2.06 bits per heavy atom. The molecule has 0 saturated heterocycles. The number of para-hydroxylation sites is 2. The van der Waals surface area contributed by atoms with Gasteiger partial charge in [-0.3, -0.25) is 9.38 Å². The van der Waals surface area contributed by atoms with Gasteiger partial charge in [0.1, 0.15) is 5.65 Å². The Balaban J connectivity index is 0.000000970. The minimum atomic E-state index is -0.0233. The van der Waals surface area contributed by atoms with Gasteiger partial charge in [0.05, 0.1) is 16.6 Å². The lowest BCUT2D eigenvalue weighted by atomic mass is 9.85. The van der Waals surface area contributed by atoms with Crippen molar-refractivity contribution in [2.24, 2.45) is 0 Å². The first-order chi connectivity index (χ1) is 16.0. The van der Waals surface area contributed by atoms with Crippen molar-refractivity contribution in [3.8, 4) is 0 Å². The summed E-state index contributed by atoms with van der Waals surface area (Å²) in [6, 6.07) is 13.1. The molecule has 184 valence electrons. The molecule has 34 heavy (non-hydrogen) atoms. The highest BCUT2D eigenvalue weighted by Crippen LogP contribution is 2.38. The summed E-state index contributed by atoms with van der Waals surface area (Å²) >= 11 is 0. The Morgan fingerprint density at radius 2 is 1.50 bits per heavy atom. The molecule has 0 bridgehead atoms. The minimum Gasteiger partial charge on any atom is -0.295 e. The molecule has 3 heteroatoms. The summed E-state index contributed by atoms with van der Waals surface area (Å²) in [5.74, 6) is 0.464. The fourth-order valence-corrected chi connectivity index (χ4v) is 4.48.